The third kappa shape index (κ3) is 2.52. The van der Waals surface area contributed by atoms with E-state index in [9.17, 15) is 9.59 Å². The van der Waals surface area contributed by atoms with E-state index in [-0.39, 0.29) is 34.5 Å². The lowest BCUT2D eigenvalue weighted by atomic mass is 10.1. The minimum Gasteiger partial charge on any atom is -0.462 e. The van der Waals surface area contributed by atoms with Crippen LogP contribution in [0, 0.1) is 0 Å². The van der Waals surface area contributed by atoms with Gasteiger partial charge in [0.2, 0.25) is 5.43 Å². The van der Waals surface area contributed by atoms with Gasteiger partial charge in [0, 0.05) is 6.07 Å². The van der Waals surface area contributed by atoms with E-state index in [1.54, 1.807) is 19.1 Å². The van der Waals surface area contributed by atoms with Crippen molar-refractivity contribution in [2.75, 3.05) is 12.3 Å². The van der Waals surface area contributed by atoms with Crippen molar-refractivity contribution in [3.8, 4) is 0 Å². The summed E-state index contributed by atoms with van der Waals surface area (Å²) in [6.07, 6.45) is 0.810. The molecule has 0 aliphatic heterocycles. The molecule has 0 radical (unpaired) electrons. The molecule has 6 nitrogen and oxygen atoms in total. The number of nitrogens with two attached hydrogens (primary N) is 1. The number of aryl methyl sites for hydroxylation is 1. The Kier molecular flexibility index (Phi) is 3.73. The van der Waals surface area contributed by atoms with Crippen LogP contribution in [0.5, 0.6) is 0 Å². The van der Waals surface area contributed by atoms with Gasteiger partial charge in [-0.15, -0.1) is 0 Å². The van der Waals surface area contributed by atoms with Crippen LogP contribution in [0.15, 0.2) is 33.5 Å². The Morgan fingerprint density at radius 3 is 2.74 bits per heavy atom. The van der Waals surface area contributed by atoms with E-state index in [0.717, 1.165) is 12.0 Å². The second kappa shape index (κ2) is 5.72. The Hall–Kier alpha value is -2.89. The molecule has 0 atom stereocenters. The molecule has 0 bridgehead atoms. The van der Waals surface area contributed by atoms with Gasteiger partial charge in [-0.25, -0.2) is 9.78 Å². The van der Waals surface area contributed by atoms with Crippen molar-refractivity contribution in [1.82, 2.24) is 4.98 Å². The lowest BCUT2D eigenvalue weighted by Crippen LogP contribution is -2.12. The molecule has 0 aliphatic rings. The van der Waals surface area contributed by atoms with Crippen LogP contribution in [0.25, 0.3) is 22.1 Å². The standard InChI is InChI=1S/C17H16N2O4/c1-3-9-5-6-12-10(7-9)15(20)14-13(23-12)8-11(16(18)19-14)17(21)22-4-2/h5-8H,3-4H2,1-2H3,(H2,18,19). The third-order valence-electron chi connectivity index (χ3n) is 3.64. The number of hydrogen-bond acceptors (Lipinski definition) is 6. The summed E-state index contributed by atoms with van der Waals surface area (Å²) in [4.78, 5) is 28.6. The first-order valence-corrected chi connectivity index (χ1v) is 7.38. The number of esters is 1. The first-order valence-electron chi connectivity index (χ1n) is 7.38. The van der Waals surface area contributed by atoms with Gasteiger partial charge in [-0.05, 0) is 31.0 Å². The molecular weight excluding hydrogens is 296 g/mol. The number of pyridine rings is 1. The van der Waals surface area contributed by atoms with Crippen molar-refractivity contribution in [1.29, 1.82) is 0 Å². The lowest BCUT2D eigenvalue weighted by Gasteiger charge is -2.07. The molecule has 0 fully saturated rings. The lowest BCUT2D eigenvalue weighted by molar-refractivity contribution is 0.0527. The van der Waals surface area contributed by atoms with Crippen molar-refractivity contribution in [3.63, 3.8) is 0 Å². The van der Waals surface area contributed by atoms with Crippen molar-refractivity contribution < 1.29 is 13.9 Å². The number of anilines is 1. The van der Waals surface area contributed by atoms with E-state index < -0.39 is 5.97 Å². The highest BCUT2D eigenvalue weighted by molar-refractivity contribution is 5.98. The fourth-order valence-electron chi connectivity index (χ4n) is 2.43. The zero-order chi connectivity index (χ0) is 16.6. The second-order valence-electron chi connectivity index (χ2n) is 5.10. The quantitative estimate of drug-likeness (QED) is 0.590. The normalized spacial score (nSPS) is 11.0. The smallest absolute Gasteiger partial charge is 0.342 e. The molecule has 23 heavy (non-hydrogen) atoms. The number of nitrogen functional groups attached to an aromatic ring is 1. The summed E-state index contributed by atoms with van der Waals surface area (Å²) in [6.45, 7) is 3.92. The van der Waals surface area contributed by atoms with Crippen LogP contribution < -0.4 is 11.2 Å². The van der Waals surface area contributed by atoms with E-state index in [1.807, 2.05) is 13.0 Å². The van der Waals surface area contributed by atoms with Crippen molar-refractivity contribution in [2.24, 2.45) is 0 Å². The highest BCUT2D eigenvalue weighted by Gasteiger charge is 2.17. The minimum absolute atomic E-state index is 0.0470. The van der Waals surface area contributed by atoms with Gasteiger partial charge in [0.05, 0.1) is 12.0 Å². The number of fused-ring (bicyclic) bond motifs is 2. The zero-order valence-corrected chi connectivity index (χ0v) is 12.9. The summed E-state index contributed by atoms with van der Waals surface area (Å²) in [5.41, 5.74) is 7.41. The van der Waals surface area contributed by atoms with E-state index in [0.29, 0.717) is 11.0 Å². The molecular formula is C17H16N2O4. The maximum Gasteiger partial charge on any atom is 0.342 e. The van der Waals surface area contributed by atoms with E-state index in [1.165, 1.54) is 6.07 Å². The van der Waals surface area contributed by atoms with Gasteiger partial charge >= 0.3 is 5.97 Å². The van der Waals surface area contributed by atoms with E-state index in [2.05, 4.69) is 4.98 Å². The van der Waals surface area contributed by atoms with E-state index >= 15 is 0 Å². The molecule has 2 aromatic heterocycles. The molecule has 0 unspecified atom stereocenters. The van der Waals surface area contributed by atoms with Crippen LogP contribution in [0.3, 0.4) is 0 Å². The molecule has 3 aromatic rings. The number of aromatic nitrogens is 1. The third-order valence-corrected chi connectivity index (χ3v) is 3.64. The summed E-state index contributed by atoms with van der Waals surface area (Å²) in [5, 5.41) is 0.452. The van der Waals surface area contributed by atoms with Crippen LogP contribution >= 0.6 is 0 Å². The predicted molar refractivity (Wildman–Crippen MR) is 87.5 cm³/mol. The van der Waals surface area contributed by atoms with Gasteiger partial charge in [-0.1, -0.05) is 13.0 Å². The summed E-state index contributed by atoms with van der Waals surface area (Å²) in [7, 11) is 0. The van der Waals surface area contributed by atoms with Crippen LogP contribution in [0.4, 0.5) is 5.82 Å². The number of nitrogens with zero attached hydrogens (tertiary/aromatic N) is 1. The Labute approximate surface area is 131 Å². The zero-order valence-electron chi connectivity index (χ0n) is 12.9. The number of benzene rings is 1. The average molecular weight is 312 g/mol. The molecule has 3 rings (SSSR count). The molecule has 2 N–H and O–H groups in total. The van der Waals surface area contributed by atoms with Gasteiger partial charge in [0.25, 0.3) is 0 Å². The summed E-state index contributed by atoms with van der Waals surface area (Å²) >= 11 is 0. The molecule has 1 aromatic carbocycles. The Bertz CT molecular complexity index is 976. The maximum absolute atomic E-state index is 12.6. The van der Waals surface area contributed by atoms with E-state index in [4.69, 9.17) is 14.9 Å². The van der Waals surface area contributed by atoms with Crippen molar-refractivity contribution >= 4 is 33.9 Å². The maximum atomic E-state index is 12.6. The summed E-state index contributed by atoms with van der Waals surface area (Å²) in [5.74, 6) is -0.641. The fourth-order valence-corrected chi connectivity index (χ4v) is 2.43. The Morgan fingerprint density at radius 1 is 1.26 bits per heavy atom. The molecule has 2 heterocycles. The van der Waals surface area contributed by atoms with Gasteiger partial charge in [-0.3, -0.25) is 4.79 Å². The first-order chi connectivity index (χ1) is 11.0. The fraction of sp³-hybridized carbons (Fsp3) is 0.235. The summed E-state index contributed by atoms with van der Waals surface area (Å²) in [6, 6.07) is 6.84. The molecule has 118 valence electrons. The molecule has 0 amide bonds. The average Bonchev–Trinajstić information content (AvgIpc) is 2.55. The number of ether oxygens (including phenoxy) is 1. The number of carbonyl (C=O) groups excluding carboxylic acids is 1. The molecule has 0 aliphatic carbocycles. The van der Waals surface area contributed by atoms with Crippen LogP contribution in [0.1, 0.15) is 29.8 Å². The van der Waals surface area contributed by atoms with Gasteiger partial charge < -0.3 is 14.9 Å². The van der Waals surface area contributed by atoms with Crippen LogP contribution in [0.2, 0.25) is 0 Å². The van der Waals surface area contributed by atoms with Gasteiger partial charge in [-0.2, -0.15) is 0 Å². The number of rotatable bonds is 3. The van der Waals surface area contributed by atoms with Crippen LogP contribution in [-0.4, -0.2) is 17.6 Å². The highest BCUT2D eigenvalue weighted by Crippen LogP contribution is 2.22. The molecule has 6 heteroatoms. The molecule has 0 saturated carbocycles. The topological polar surface area (TPSA) is 95.4 Å². The number of hydrogen-bond donors (Lipinski definition) is 1. The minimum atomic E-state index is -0.594. The Morgan fingerprint density at radius 2 is 2.04 bits per heavy atom. The number of carbonyl (C=O) groups is 1. The highest BCUT2D eigenvalue weighted by atomic mass is 16.5. The summed E-state index contributed by atoms with van der Waals surface area (Å²) < 4.78 is 10.7. The molecule has 0 saturated heterocycles. The van der Waals surface area contributed by atoms with Gasteiger partial charge in [0.1, 0.15) is 17.0 Å². The predicted octanol–water partition coefficient (Wildman–Crippen LogP) is 2.66. The Balaban J connectivity index is 2.31. The van der Waals surface area contributed by atoms with Crippen molar-refractivity contribution in [3.05, 3.63) is 45.6 Å². The largest absolute Gasteiger partial charge is 0.462 e. The molecule has 0 spiro atoms. The second-order valence-corrected chi connectivity index (χ2v) is 5.10. The monoisotopic (exact) mass is 312 g/mol. The van der Waals surface area contributed by atoms with Crippen molar-refractivity contribution in [2.45, 2.75) is 20.3 Å². The first kappa shape index (κ1) is 15.0. The van der Waals surface area contributed by atoms with Gasteiger partial charge in [0.15, 0.2) is 11.1 Å². The van der Waals surface area contributed by atoms with Crippen LogP contribution in [-0.2, 0) is 11.2 Å². The SMILES string of the molecule is CCOC(=O)c1cc2oc3ccc(CC)cc3c(=O)c2nc1N.